The quantitative estimate of drug-likeness (QED) is 0.512. The topological polar surface area (TPSA) is 84.6 Å². The maximum atomic E-state index is 13.5. The van der Waals surface area contributed by atoms with Gasteiger partial charge in [0.2, 0.25) is 0 Å². The lowest BCUT2D eigenvalue weighted by Crippen LogP contribution is -2.17. The summed E-state index contributed by atoms with van der Waals surface area (Å²) in [5.41, 5.74) is 2.24. The summed E-state index contributed by atoms with van der Waals surface area (Å²) in [5, 5.41) is 14.2. The van der Waals surface area contributed by atoms with E-state index in [2.05, 4.69) is 26.5 Å². The van der Waals surface area contributed by atoms with Crippen molar-refractivity contribution in [2.75, 3.05) is 0 Å². The van der Waals surface area contributed by atoms with Crippen LogP contribution in [0.2, 0.25) is 0 Å². The second-order valence-electron chi connectivity index (χ2n) is 4.17. The first-order chi connectivity index (χ1) is 10.5. The molecule has 112 valence electrons. The van der Waals surface area contributed by atoms with Gasteiger partial charge in [0.25, 0.3) is 11.6 Å². The third-order valence-electron chi connectivity index (χ3n) is 2.67. The molecule has 2 aromatic carbocycles. The third kappa shape index (κ3) is 3.95. The van der Waals surface area contributed by atoms with Crippen LogP contribution in [-0.2, 0) is 0 Å². The van der Waals surface area contributed by atoms with E-state index in [0.717, 1.165) is 28.9 Å². The number of carbonyl (C=O) groups is 1. The van der Waals surface area contributed by atoms with Gasteiger partial charge in [-0.05, 0) is 30.3 Å². The van der Waals surface area contributed by atoms with Crippen LogP contribution in [0.15, 0.2) is 52.0 Å². The first-order valence-corrected chi connectivity index (χ1v) is 6.79. The maximum absolute atomic E-state index is 13.5. The molecule has 1 N–H and O–H groups in total. The number of nitrogens with one attached hydrogen (secondary N) is 1. The number of nitrogens with zero attached hydrogens (tertiary/aromatic N) is 2. The molecule has 0 aliphatic carbocycles. The van der Waals surface area contributed by atoms with Crippen LogP contribution in [0.3, 0.4) is 0 Å². The number of benzene rings is 2. The van der Waals surface area contributed by atoms with Gasteiger partial charge < -0.3 is 0 Å². The summed E-state index contributed by atoms with van der Waals surface area (Å²) < 4.78 is 14.3. The Morgan fingerprint density at radius 1 is 1.27 bits per heavy atom. The molecular weight excluding hydrogens is 357 g/mol. The van der Waals surface area contributed by atoms with E-state index >= 15 is 0 Å². The van der Waals surface area contributed by atoms with Crippen LogP contribution in [0.4, 0.5) is 10.1 Å². The van der Waals surface area contributed by atoms with Crippen LogP contribution < -0.4 is 5.43 Å². The van der Waals surface area contributed by atoms with E-state index in [1.54, 1.807) is 24.3 Å². The predicted molar refractivity (Wildman–Crippen MR) is 82.3 cm³/mol. The lowest BCUT2D eigenvalue weighted by Gasteiger charge is -2.00. The number of nitro benzene ring substituents is 1. The fraction of sp³-hybridized carbons (Fsp3) is 0. The Hall–Kier alpha value is -2.61. The highest BCUT2D eigenvalue weighted by atomic mass is 79.9. The van der Waals surface area contributed by atoms with Gasteiger partial charge in [0.1, 0.15) is 5.82 Å². The average Bonchev–Trinajstić information content (AvgIpc) is 2.49. The zero-order chi connectivity index (χ0) is 16.1. The molecule has 0 unspecified atom stereocenters. The number of hydrogen-bond acceptors (Lipinski definition) is 4. The number of amides is 1. The van der Waals surface area contributed by atoms with Crippen molar-refractivity contribution in [3.05, 3.63) is 74.0 Å². The molecule has 0 atom stereocenters. The minimum absolute atomic E-state index is 0.0923. The third-order valence-corrected chi connectivity index (χ3v) is 3.20. The molecule has 0 aliphatic rings. The van der Waals surface area contributed by atoms with Gasteiger partial charge in [-0.2, -0.15) is 5.10 Å². The molecule has 6 nitrogen and oxygen atoms in total. The van der Waals surface area contributed by atoms with E-state index in [0.29, 0.717) is 5.56 Å². The van der Waals surface area contributed by atoms with Crippen LogP contribution >= 0.6 is 15.9 Å². The summed E-state index contributed by atoms with van der Waals surface area (Å²) in [7, 11) is 0. The van der Waals surface area contributed by atoms with Gasteiger partial charge in [-0.15, -0.1) is 0 Å². The molecule has 0 heterocycles. The van der Waals surface area contributed by atoms with Crippen LogP contribution in [0.5, 0.6) is 0 Å². The normalized spacial score (nSPS) is 10.6. The zero-order valence-corrected chi connectivity index (χ0v) is 12.6. The summed E-state index contributed by atoms with van der Waals surface area (Å²) in [6.45, 7) is 0. The molecule has 0 bridgehead atoms. The van der Waals surface area contributed by atoms with Crippen molar-refractivity contribution in [3.63, 3.8) is 0 Å². The van der Waals surface area contributed by atoms with Crippen molar-refractivity contribution in [2.24, 2.45) is 5.10 Å². The van der Waals surface area contributed by atoms with Gasteiger partial charge in [-0.25, -0.2) is 9.82 Å². The second-order valence-corrected chi connectivity index (χ2v) is 5.08. The molecule has 0 radical (unpaired) electrons. The molecule has 0 saturated heterocycles. The van der Waals surface area contributed by atoms with E-state index in [-0.39, 0.29) is 11.3 Å². The number of hydrogen-bond donors (Lipinski definition) is 1. The Balaban J connectivity index is 2.09. The summed E-state index contributed by atoms with van der Waals surface area (Å²) >= 11 is 3.25. The molecule has 2 rings (SSSR count). The minimum Gasteiger partial charge on any atom is -0.267 e. The molecule has 0 aliphatic heterocycles. The van der Waals surface area contributed by atoms with E-state index in [4.69, 9.17) is 0 Å². The lowest BCUT2D eigenvalue weighted by atomic mass is 10.2. The fourth-order valence-electron chi connectivity index (χ4n) is 1.57. The van der Waals surface area contributed by atoms with Crippen molar-refractivity contribution in [1.29, 1.82) is 0 Å². The number of non-ortho nitro benzene ring substituents is 1. The van der Waals surface area contributed by atoms with E-state index in [9.17, 15) is 19.3 Å². The van der Waals surface area contributed by atoms with Crippen molar-refractivity contribution in [2.45, 2.75) is 0 Å². The fourth-order valence-corrected chi connectivity index (χ4v) is 1.83. The molecule has 0 saturated carbocycles. The highest BCUT2D eigenvalue weighted by Crippen LogP contribution is 2.15. The molecule has 8 heteroatoms. The highest BCUT2D eigenvalue weighted by molar-refractivity contribution is 9.10. The zero-order valence-electron chi connectivity index (χ0n) is 11.0. The number of carbonyl (C=O) groups excluding carboxylic acids is 1. The standard InChI is InChI=1S/C14H9BrFN3O3/c15-11-3-1-9(2-4-11)14(20)18-17-8-10-7-12(19(21)22)5-6-13(10)16/h1-8H,(H,18,20)/b17-8+. The first-order valence-electron chi connectivity index (χ1n) is 6.00. The van der Waals surface area contributed by atoms with Crippen molar-refractivity contribution >= 4 is 33.7 Å². The molecule has 22 heavy (non-hydrogen) atoms. The Kier molecular flexibility index (Phi) is 4.95. The summed E-state index contributed by atoms with van der Waals surface area (Å²) in [5.74, 6) is -1.15. The monoisotopic (exact) mass is 365 g/mol. The number of hydrazone groups is 1. The van der Waals surface area contributed by atoms with Crippen LogP contribution in [-0.4, -0.2) is 17.0 Å². The van der Waals surface area contributed by atoms with Crippen molar-refractivity contribution < 1.29 is 14.1 Å². The Labute approximate surface area is 132 Å². The van der Waals surface area contributed by atoms with Gasteiger partial charge >= 0.3 is 0 Å². The first kappa shape index (κ1) is 15.8. The SMILES string of the molecule is O=C(N/N=C/c1cc([N+](=O)[O-])ccc1F)c1ccc(Br)cc1. The van der Waals surface area contributed by atoms with Crippen molar-refractivity contribution in [1.82, 2.24) is 5.43 Å². The highest BCUT2D eigenvalue weighted by Gasteiger charge is 2.09. The molecule has 2 aromatic rings. The van der Waals surface area contributed by atoms with Gasteiger partial charge in [0.05, 0.1) is 11.1 Å². The van der Waals surface area contributed by atoms with Crippen molar-refractivity contribution in [3.8, 4) is 0 Å². The van der Waals surface area contributed by atoms with Gasteiger partial charge in [0, 0.05) is 27.7 Å². The molecule has 1 amide bonds. The van der Waals surface area contributed by atoms with E-state index in [1.807, 2.05) is 0 Å². The summed E-state index contributed by atoms with van der Waals surface area (Å²) in [6, 6.07) is 9.61. The predicted octanol–water partition coefficient (Wildman–Crippen LogP) is 3.26. The second kappa shape index (κ2) is 6.90. The maximum Gasteiger partial charge on any atom is 0.271 e. The lowest BCUT2D eigenvalue weighted by molar-refractivity contribution is -0.384. The average molecular weight is 366 g/mol. The minimum atomic E-state index is -0.674. The Morgan fingerprint density at radius 2 is 1.95 bits per heavy atom. The number of halogens is 2. The number of rotatable bonds is 4. The smallest absolute Gasteiger partial charge is 0.267 e. The summed E-state index contributed by atoms with van der Waals surface area (Å²) in [4.78, 5) is 21.7. The van der Waals surface area contributed by atoms with E-state index < -0.39 is 16.6 Å². The van der Waals surface area contributed by atoms with Crippen LogP contribution in [0, 0.1) is 15.9 Å². The van der Waals surface area contributed by atoms with Gasteiger partial charge in [0.15, 0.2) is 0 Å². The van der Waals surface area contributed by atoms with Gasteiger partial charge in [-0.3, -0.25) is 14.9 Å². The van der Waals surface area contributed by atoms with Crippen LogP contribution in [0.1, 0.15) is 15.9 Å². The molecular formula is C14H9BrFN3O3. The summed E-state index contributed by atoms with van der Waals surface area (Å²) in [6.07, 6.45) is 1.01. The van der Waals surface area contributed by atoms with E-state index in [1.165, 1.54) is 0 Å². The number of nitro groups is 1. The largest absolute Gasteiger partial charge is 0.271 e. The Bertz CT molecular complexity index is 747. The molecule has 0 aromatic heterocycles. The molecule has 0 spiro atoms. The molecule has 0 fully saturated rings. The van der Waals surface area contributed by atoms with Gasteiger partial charge in [-0.1, -0.05) is 15.9 Å². The Morgan fingerprint density at radius 3 is 2.59 bits per heavy atom. The van der Waals surface area contributed by atoms with Crippen LogP contribution in [0.25, 0.3) is 0 Å².